The van der Waals surface area contributed by atoms with E-state index in [1.165, 1.54) is 31.2 Å². The number of nitrogens with one attached hydrogen (secondary N) is 1. The molecule has 2 rings (SSSR count). The van der Waals surface area contributed by atoms with Crippen LogP contribution in [0.1, 0.15) is 22.8 Å². The molecule has 6 nitrogen and oxygen atoms in total. The molecule has 2 aromatic carbocycles. The molecule has 2 aromatic rings. The summed E-state index contributed by atoms with van der Waals surface area (Å²) in [7, 11) is -3.66. The summed E-state index contributed by atoms with van der Waals surface area (Å²) in [5.41, 5.74) is 2.45. The number of nitrogens with zero attached hydrogens (tertiary/aromatic N) is 1. The summed E-state index contributed by atoms with van der Waals surface area (Å²) in [5.74, 6) is -0.570. The minimum Gasteiger partial charge on any atom is -0.325 e. The highest BCUT2D eigenvalue weighted by Gasteiger charge is 2.21. The van der Waals surface area contributed by atoms with Gasteiger partial charge in [0.1, 0.15) is 6.54 Å². The molecule has 0 aliphatic carbocycles. The minimum atomic E-state index is -3.66. The smallest absolute Gasteiger partial charge is 0.245 e. The maximum Gasteiger partial charge on any atom is 0.245 e. The monoisotopic (exact) mass is 360 g/mol. The molecule has 0 aromatic heterocycles. The van der Waals surface area contributed by atoms with Crippen LogP contribution in [0.2, 0.25) is 0 Å². The van der Waals surface area contributed by atoms with Gasteiger partial charge in [-0.15, -0.1) is 0 Å². The molecule has 0 saturated carbocycles. The highest BCUT2D eigenvalue weighted by molar-refractivity contribution is 7.92. The first kappa shape index (κ1) is 18.7. The van der Waals surface area contributed by atoms with Gasteiger partial charge in [0, 0.05) is 11.3 Å². The molecule has 0 heterocycles. The Kier molecular flexibility index (Phi) is 5.58. The summed E-state index contributed by atoms with van der Waals surface area (Å²) in [6.45, 7) is 3.01. The van der Waals surface area contributed by atoms with Gasteiger partial charge in [0.2, 0.25) is 15.9 Å². The maximum absolute atomic E-state index is 12.2. The molecular formula is C18H20N2O4S. The SMILES string of the molecule is CC(=O)c1ccc(N(CC(=O)Nc2ccc(C)cc2)S(C)(=O)=O)cc1. The van der Waals surface area contributed by atoms with Crippen molar-refractivity contribution in [1.82, 2.24) is 0 Å². The van der Waals surface area contributed by atoms with E-state index in [2.05, 4.69) is 5.32 Å². The number of hydrogen-bond acceptors (Lipinski definition) is 4. The Bertz CT molecular complexity index is 872. The number of rotatable bonds is 6. The second-order valence-corrected chi connectivity index (χ2v) is 7.69. The average molecular weight is 360 g/mol. The molecular weight excluding hydrogens is 340 g/mol. The molecule has 0 aliphatic heterocycles. The van der Waals surface area contributed by atoms with Crippen molar-refractivity contribution in [2.75, 3.05) is 22.4 Å². The van der Waals surface area contributed by atoms with E-state index in [-0.39, 0.29) is 12.3 Å². The predicted molar refractivity (Wildman–Crippen MR) is 98.4 cm³/mol. The zero-order valence-electron chi connectivity index (χ0n) is 14.3. The number of aryl methyl sites for hydroxylation is 1. The predicted octanol–water partition coefficient (Wildman–Crippen LogP) is 2.60. The lowest BCUT2D eigenvalue weighted by atomic mass is 10.1. The first-order valence-electron chi connectivity index (χ1n) is 7.62. The number of hydrogen-bond donors (Lipinski definition) is 1. The van der Waals surface area contributed by atoms with Crippen LogP contribution >= 0.6 is 0 Å². The number of benzene rings is 2. The number of amides is 1. The number of ketones is 1. The number of anilines is 2. The van der Waals surface area contributed by atoms with Crippen molar-refractivity contribution in [2.24, 2.45) is 0 Å². The third-order valence-corrected chi connectivity index (χ3v) is 4.73. The van der Waals surface area contributed by atoms with Crippen LogP contribution in [0.25, 0.3) is 0 Å². The van der Waals surface area contributed by atoms with Gasteiger partial charge >= 0.3 is 0 Å². The summed E-state index contributed by atoms with van der Waals surface area (Å²) < 4.78 is 25.1. The highest BCUT2D eigenvalue weighted by atomic mass is 32.2. The Morgan fingerprint density at radius 1 is 1.00 bits per heavy atom. The highest BCUT2D eigenvalue weighted by Crippen LogP contribution is 2.19. The van der Waals surface area contributed by atoms with E-state index in [0.29, 0.717) is 16.9 Å². The molecule has 0 fully saturated rings. The molecule has 132 valence electrons. The number of carbonyl (C=O) groups is 2. The van der Waals surface area contributed by atoms with E-state index >= 15 is 0 Å². The zero-order valence-corrected chi connectivity index (χ0v) is 15.1. The van der Waals surface area contributed by atoms with Crippen LogP contribution in [0.5, 0.6) is 0 Å². The summed E-state index contributed by atoms with van der Waals surface area (Å²) in [6, 6.07) is 13.3. The fourth-order valence-electron chi connectivity index (χ4n) is 2.23. The van der Waals surface area contributed by atoms with Crippen molar-refractivity contribution in [3.05, 3.63) is 59.7 Å². The third kappa shape index (κ3) is 5.15. The lowest BCUT2D eigenvalue weighted by Gasteiger charge is -2.22. The Hall–Kier alpha value is -2.67. The van der Waals surface area contributed by atoms with Crippen LogP contribution in [0.15, 0.2) is 48.5 Å². The minimum absolute atomic E-state index is 0.116. The molecule has 0 atom stereocenters. The van der Waals surface area contributed by atoms with E-state index in [0.717, 1.165) is 16.1 Å². The van der Waals surface area contributed by atoms with Crippen molar-refractivity contribution in [2.45, 2.75) is 13.8 Å². The van der Waals surface area contributed by atoms with Crippen LogP contribution in [-0.2, 0) is 14.8 Å². The van der Waals surface area contributed by atoms with Gasteiger partial charge in [0.25, 0.3) is 0 Å². The molecule has 0 aliphatic rings. The second kappa shape index (κ2) is 7.48. The van der Waals surface area contributed by atoms with Gasteiger partial charge in [-0.25, -0.2) is 8.42 Å². The molecule has 0 spiro atoms. The quantitative estimate of drug-likeness (QED) is 0.803. The molecule has 0 unspecified atom stereocenters. The van der Waals surface area contributed by atoms with Crippen molar-refractivity contribution in [3.63, 3.8) is 0 Å². The molecule has 25 heavy (non-hydrogen) atoms. The van der Waals surface area contributed by atoms with Crippen LogP contribution in [-0.4, -0.2) is 32.9 Å². The molecule has 7 heteroatoms. The van der Waals surface area contributed by atoms with Gasteiger partial charge in [-0.2, -0.15) is 0 Å². The zero-order chi connectivity index (χ0) is 18.6. The van der Waals surface area contributed by atoms with Crippen molar-refractivity contribution in [1.29, 1.82) is 0 Å². The van der Waals surface area contributed by atoms with Crippen LogP contribution in [0, 0.1) is 6.92 Å². The fourth-order valence-corrected chi connectivity index (χ4v) is 3.09. The summed E-state index contributed by atoms with van der Waals surface area (Å²) in [5, 5.41) is 2.67. The maximum atomic E-state index is 12.2. The van der Waals surface area contributed by atoms with E-state index in [9.17, 15) is 18.0 Å². The lowest BCUT2D eigenvalue weighted by Crippen LogP contribution is -2.37. The molecule has 1 N–H and O–H groups in total. The van der Waals surface area contributed by atoms with E-state index in [1.807, 2.05) is 19.1 Å². The molecule has 0 saturated heterocycles. The second-order valence-electron chi connectivity index (χ2n) is 5.79. The standard InChI is InChI=1S/C18H20N2O4S/c1-13-4-8-16(9-5-13)19-18(22)12-20(25(3,23)24)17-10-6-15(7-11-17)14(2)21/h4-11H,12H2,1-3H3,(H,19,22). The first-order chi connectivity index (χ1) is 11.7. The largest absolute Gasteiger partial charge is 0.325 e. The van der Waals surface area contributed by atoms with Gasteiger partial charge in [-0.3, -0.25) is 13.9 Å². The van der Waals surface area contributed by atoms with Crippen molar-refractivity contribution >= 4 is 33.1 Å². The third-order valence-electron chi connectivity index (χ3n) is 3.58. The summed E-state index contributed by atoms with van der Waals surface area (Å²) in [6.07, 6.45) is 1.03. The fraction of sp³-hybridized carbons (Fsp3) is 0.222. The van der Waals surface area contributed by atoms with E-state index in [4.69, 9.17) is 0 Å². The molecule has 1 amide bonds. The molecule has 0 bridgehead atoms. The van der Waals surface area contributed by atoms with Gasteiger partial charge in [0.05, 0.1) is 11.9 Å². The van der Waals surface area contributed by atoms with Crippen molar-refractivity contribution in [3.8, 4) is 0 Å². The Balaban J connectivity index is 2.19. The Labute approximate surface area is 147 Å². The van der Waals surface area contributed by atoms with Gasteiger partial charge in [-0.05, 0) is 50.2 Å². The number of Topliss-reactive ketones (excluding diaryl/α,β-unsaturated/α-hetero) is 1. The Morgan fingerprint density at radius 2 is 1.56 bits per heavy atom. The topological polar surface area (TPSA) is 83.6 Å². The van der Waals surface area contributed by atoms with E-state index in [1.54, 1.807) is 12.1 Å². The first-order valence-corrected chi connectivity index (χ1v) is 9.47. The normalized spacial score (nSPS) is 11.0. The summed E-state index contributed by atoms with van der Waals surface area (Å²) >= 11 is 0. The Morgan fingerprint density at radius 3 is 2.04 bits per heavy atom. The van der Waals surface area contributed by atoms with Crippen LogP contribution < -0.4 is 9.62 Å². The number of sulfonamides is 1. The van der Waals surface area contributed by atoms with Crippen molar-refractivity contribution < 1.29 is 18.0 Å². The summed E-state index contributed by atoms with van der Waals surface area (Å²) in [4.78, 5) is 23.6. The van der Waals surface area contributed by atoms with Gasteiger partial charge in [0.15, 0.2) is 5.78 Å². The lowest BCUT2D eigenvalue weighted by molar-refractivity contribution is -0.114. The molecule has 0 radical (unpaired) electrons. The van der Waals surface area contributed by atoms with E-state index < -0.39 is 15.9 Å². The van der Waals surface area contributed by atoms with Gasteiger partial charge < -0.3 is 5.32 Å². The number of carbonyl (C=O) groups excluding carboxylic acids is 2. The van der Waals surface area contributed by atoms with Crippen LogP contribution in [0.4, 0.5) is 11.4 Å². The van der Waals surface area contributed by atoms with Crippen LogP contribution in [0.3, 0.4) is 0 Å². The van der Waals surface area contributed by atoms with Gasteiger partial charge in [-0.1, -0.05) is 17.7 Å². The average Bonchev–Trinajstić information content (AvgIpc) is 2.54.